The molecule has 2 aromatic rings. The summed E-state index contributed by atoms with van der Waals surface area (Å²) in [6.45, 7) is 0. The number of fused-ring (bicyclic) bond motifs is 1. The van der Waals surface area contributed by atoms with Crippen molar-refractivity contribution in [3.63, 3.8) is 0 Å². The Morgan fingerprint density at radius 2 is 1.46 bits per heavy atom. The second-order valence-corrected chi connectivity index (χ2v) is 6.00. The molecule has 130 valence electrons. The highest BCUT2D eigenvalue weighted by Gasteiger charge is 2.56. The lowest BCUT2D eigenvalue weighted by molar-refractivity contribution is -0.133. The number of hydrogen-bond acceptors (Lipinski definition) is 5. The van der Waals surface area contributed by atoms with E-state index < -0.39 is 29.8 Å². The van der Waals surface area contributed by atoms with Crippen molar-refractivity contribution in [2.75, 3.05) is 12.0 Å². The van der Waals surface area contributed by atoms with Crippen LogP contribution in [0.3, 0.4) is 0 Å². The van der Waals surface area contributed by atoms with Crippen LogP contribution < -0.4 is 9.64 Å². The van der Waals surface area contributed by atoms with E-state index in [2.05, 4.69) is 0 Å². The van der Waals surface area contributed by atoms with Crippen LogP contribution in [0.1, 0.15) is 20.7 Å². The Balaban J connectivity index is 1.65. The van der Waals surface area contributed by atoms with Crippen LogP contribution in [-0.2, 0) is 9.59 Å². The van der Waals surface area contributed by atoms with Crippen LogP contribution in [0.25, 0.3) is 0 Å². The van der Waals surface area contributed by atoms with Crippen LogP contribution in [-0.4, -0.2) is 48.1 Å². The minimum atomic E-state index is -1.12. The molecule has 3 amide bonds. The number of hydrogen-bond donors (Lipinski definition) is 0. The lowest BCUT2D eigenvalue weighted by Crippen LogP contribution is -2.72. The summed E-state index contributed by atoms with van der Waals surface area (Å²) in [6.07, 6.45) is 0.583. The van der Waals surface area contributed by atoms with Gasteiger partial charge in [-0.2, -0.15) is 0 Å². The molecule has 7 nitrogen and oxygen atoms in total. The summed E-state index contributed by atoms with van der Waals surface area (Å²) < 4.78 is 5.08. The molecule has 26 heavy (non-hydrogen) atoms. The van der Waals surface area contributed by atoms with Crippen LogP contribution >= 0.6 is 0 Å². The molecule has 2 unspecified atom stereocenters. The molecule has 0 radical (unpaired) electrons. The molecule has 2 heterocycles. The van der Waals surface area contributed by atoms with E-state index in [4.69, 9.17) is 4.74 Å². The van der Waals surface area contributed by atoms with Gasteiger partial charge in [0, 0.05) is 5.69 Å². The zero-order valence-electron chi connectivity index (χ0n) is 13.8. The largest absolute Gasteiger partial charge is 0.497 e. The summed E-state index contributed by atoms with van der Waals surface area (Å²) in [4.78, 5) is 51.7. The first-order chi connectivity index (χ1) is 12.6. The van der Waals surface area contributed by atoms with Crippen LogP contribution in [0.4, 0.5) is 5.69 Å². The molecule has 2 aromatic carbocycles. The third kappa shape index (κ3) is 2.07. The predicted octanol–water partition coefficient (Wildman–Crippen LogP) is 1.27. The number of carbonyl (C=O) groups is 4. The molecule has 0 N–H and O–H groups in total. The molecule has 2 aliphatic rings. The van der Waals surface area contributed by atoms with Gasteiger partial charge in [-0.05, 0) is 36.4 Å². The van der Waals surface area contributed by atoms with Gasteiger partial charge in [-0.3, -0.25) is 24.2 Å². The fourth-order valence-electron chi connectivity index (χ4n) is 3.40. The Labute approximate surface area is 148 Å². The number of carbonyl (C=O) groups excluding carboxylic acids is 4. The average Bonchev–Trinajstić information content (AvgIpc) is 2.92. The minimum Gasteiger partial charge on any atom is -0.497 e. The van der Waals surface area contributed by atoms with Gasteiger partial charge >= 0.3 is 0 Å². The van der Waals surface area contributed by atoms with Gasteiger partial charge in [0.2, 0.25) is 0 Å². The molecule has 1 saturated heterocycles. The van der Waals surface area contributed by atoms with Crippen molar-refractivity contribution in [1.29, 1.82) is 0 Å². The van der Waals surface area contributed by atoms with Gasteiger partial charge in [0.25, 0.3) is 17.7 Å². The number of ether oxygens (including phenoxy) is 1. The number of methoxy groups -OCH3 is 1. The van der Waals surface area contributed by atoms with Gasteiger partial charge in [0.05, 0.1) is 18.2 Å². The molecule has 0 bridgehead atoms. The van der Waals surface area contributed by atoms with Crippen LogP contribution in [0.5, 0.6) is 5.75 Å². The highest BCUT2D eigenvalue weighted by Crippen LogP contribution is 2.35. The number of amides is 3. The average molecular weight is 350 g/mol. The topological polar surface area (TPSA) is 84.0 Å². The molecular weight excluding hydrogens is 336 g/mol. The normalized spacial score (nSPS) is 21.5. The molecule has 0 aromatic heterocycles. The molecule has 0 aliphatic carbocycles. The minimum absolute atomic E-state index is 0.248. The molecule has 0 saturated carbocycles. The van der Waals surface area contributed by atoms with Gasteiger partial charge in [-0.25, -0.2) is 0 Å². The first-order valence-electron chi connectivity index (χ1n) is 7.98. The molecule has 1 fully saturated rings. The van der Waals surface area contributed by atoms with Crippen LogP contribution in [0.2, 0.25) is 0 Å². The highest BCUT2D eigenvalue weighted by atomic mass is 16.5. The van der Waals surface area contributed by atoms with Gasteiger partial charge in [-0.1, -0.05) is 12.1 Å². The highest BCUT2D eigenvalue weighted by molar-refractivity contribution is 6.25. The third-order valence-corrected chi connectivity index (χ3v) is 4.71. The fourth-order valence-corrected chi connectivity index (χ4v) is 3.40. The van der Waals surface area contributed by atoms with Crippen molar-refractivity contribution in [2.45, 2.75) is 12.1 Å². The molecule has 7 heteroatoms. The predicted molar refractivity (Wildman–Crippen MR) is 91.1 cm³/mol. The number of aldehydes is 1. The van der Waals surface area contributed by atoms with E-state index in [0.717, 1.165) is 4.90 Å². The summed E-state index contributed by atoms with van der Waals surface area (Å²) in [5, 5.41) is 0. The maximum Gasteiger partial charge on any atom is 0.262 e. The fraction of sp³-hybridized carbons (Fsp3) is 0.158. The molecular formula is C19H14N2O5. The monoisotopic (exact) mass is 350 g/mol. The van der Waals surface area contributed by atoms with Crippen molar-refractivity contribution in [3.8, 4) is 5.75 Å². The first-order valence-corrected chi connectivity index (χ1v) is 7.98. The van der Waals surface area contributed by atoms with E-state index in [1.807, 2.05) is 0 Å². The summed E-state index contributed by atoms with van der Waals surface area (Å²) in [5.41, 5.74) is 0.997. The van der Waals surface area contributed by atoms with Gasteiger partial charge in [0.1, 0.15) is 24.1 Å². The van der Waals surface area contributed by atoms with Crippen LogP contribution in [0, 0.1) is 0 Å². The second kappa shape index (κ2) is 5.80. The van der Waals surface area contributed by atoms with E-state index in [9.17, 15) is 19.2 Å². The van der Waals surface area contributed by atoms with Gasteiger partial charge in [0.15, 0.2) is 0 Å². The van der Waals surface area contributed by atoms with Crippen LogP contribution in [0.15, 0.2) is 48.5 Å². The lowest BCUT2D eigenvalue weighted by Gasteiger charge is -2.46. The Hall–Kier alpha value is -3.48. The number of benzene rings is 2. The van der Waals surface area contributed by atoms with Crippen molar-refractivity contribution in [2.24, 2.45) is 0 Å². The van der Waals surface area contributed by atoms with E-state index in [1.165, 1.54) is 24.1 Å². The maximum absolute atomic E-state index is 12.7. The van der Waals surface area contributed by atoms with Crippen molar-refractivity contribution in [1.82, 2.24) is 4.90 Å². The molecule has 4 rings (SSSR count). The Bertz CT molecular complexity index is 902. The van der Waals surface area contributed by atoms with E-state index in [-0.39, 0.29) is 11.1 Å². The smallest absolute Gasteiger partial charge is 0.262 e. The van der Waals surface area contributed by atoms with Crippen molar-refractivity contribution in [3.05, 3.63) is 59.7 Å². The Kier molecular flexibility index (Phi) is 3.57. The molecule has 0 spiro atoms. The molecule has 2 atom stereocenters. The summed E-state index contributed by atoms with van der Waals surface area (Å²) >= 11 is 0. The van der Waals surface area contributed by atoms with Crippen molar-refractivity contribution < 1.29 is 23.9 Å². The van der Waals surface area contributed by atoms with E-state index >= 15 is 0 Å². The lowest BCUT2D eigenvalue weighted by atomic mass is 9.93. The van der Waals surface area contributed by atoms with Crippen molar-refractivity contribution >= 4 is 29.7 Å². The quantitative estimate of drug-likeness (QED) is 0.471. The molecule has 2 aliphatic heterocycles. The number of anilines is 1. The summed E-state index contributed by atoms with van der Waals surface area (Å²) in [5.74, 6) is -0.960. The standard InChI is InChI=1S/C19H14N2O5/c1-26-12-8-6-11(7-9-12)20-15(10-22)16(19(20)25)21-17(23)13-4-2-3-5-14(13)18(21)24/h2-10,15-16H,1H3. The second-order valence-electron chi connectivity index (χ2n) is 6.00. The summed E-state index contributed by atoms with van der Waals surface area (Å²) in [6, 6.07) is 11.0. The van der Waals surface area contributed by atoms with E-state index in [1.54, 1.807) is 36.4 Å². The van der Waals surface area contributed by atoms with Gasteiger partial charge < -0.3 is 9.53 Å². The first kappa shape index (κ1) is 16.0. The zero-order valence-corrected chi connectivity index (χ0v) is 13.8. The van der Waals surface area contributed by atoms with Gasteiger partial charge in [-0.15, -0.1) is 0 Å². The Morgan fingerprint density at radius 3 is 1.96 bits per heavy atom. The number of imide groups is 1. The SMILES string of the molecule is COc1ccc(N2C(=O)C(N3C(=O)c4ccccc4C3=O)C2C=O)cc1. The number of nitrogens with zero attached hydrogens (tertiary/aromatic N) is 2. The number of β-lactam (4-membered cyclic amide) rings is 1. The van der Waals surface area contributed by atoms with E-state index in [0.29, 0.717) is 17.7 Å². The third-order valence-electron chi connectivity index (χ3n) is 4.71. The number of rotatable bonds is 4. The maximum atomic E-state index is 12.7. The summed E-state index contributed by atoms with van der Waals surface area (Å²) in [7, 11) is 1.52. The zero-order chi connectivity index (χ0) is 18.4. The Morgan fingerprint density at radius 1 is 0.885 bits per heavy atom.